The molecule has 3 amide bonds. The molecule has 0 aliphatic rings. The lowest BCUT2D eigenvalue weighted by atomic mass is 9.98. The standard InChI is InChI=1S/C23H34N4O8S/c1-3-12(2)19(24)22(33)25-15(8-9-18(29)30)20(31)27-17(11-36)21(32)26-16(23(34)35)10-13-4-6-14(28)7-5-13/h4-7,12,15-17,19,28,36H,3,8-11,24H2,1-2H3,(H,25,33)(H,26,32)(H,27,31)(H,29,30)(H,34,35). The van der Waals surface area contributed by atoms with Gasteiger partial charge in [0, 0.05) is 18.6 Å². The molecule has 0 aliphatic carbocycles. The van der Waals surface area contributed by atoms with Gasteiger partial charge in [-0.2, -0.15) is 12.6 Å². The highest BCUT2D eigenvalue weighted by Gasteiger charge is 2.31. The SMILES string of the molecule is CCC(C)C(N)C(=O)NC(CCC(=O)O)C(=O)NC(CS)C(=O)NC(Cc1ccc(O)cc1)C(=O)O. The molecule has 0 fully saturated rings. The summed E-state index contributed by atoms with van der Waals surface area (Å²) in [5.74, 6) is -5.18. The van der Waals surface area contributed by atoms with Crippen molar-refractivity contribution in [2.45, 2.75) is 63.7 Å². The molecule has 1 aromatic rings. The Morgan fingerprint density at radius 2 is 1.44 bits per heavy atom. The lowest BCUT2D eigenvalue weighted by Crippen LogP contribution is -2.58. The zero-order valence-corrected chi connectivity index (χ0v) is 21.0. The van der Waals surface area contributed by atoms with Crippen molar-refractivity contribution < 1.29 is 39.3 Å². The molecule has 13 heteroatoms. The summed E-state index contributed by atoms with van der Waals surface area (Å²) in [6.45, 7) is 3.60. The number of aliphatic carboxylic acids is 2. The minimum Gasteiger partial charge on any atom is -0.508 e. The highest BCUT2D eigenvalue weighted by molar-refractivity contribution is 7.80. The third kappa shape index (κ3) is 10.1. The van der Waals surface area contributed by atoms with Crippen LogP contribution in [0.1, 0.15) is 38.7 Å². The van der Waals surface area contributed by atoms with Crippen molar-refractivity contribution in [3.05, 3.63) is 29.8 Å². The van der Waals surface area contributed by atoms with E-state index in [2.05, 4.69) is 28.6 Å². The number of carbonyl (C=O) groups is 5. The van der Waals surface area contributed by atoms with Gasteiger partial charge in [0.2, 0.25) is 17.7 Å². The number of nitrogens with one attached hydrogen (secondary N) is 3. The maximum atomic E-state index is 12.9. The average molecular weight is 527 g/mol. The van der Waals surface area contributed by atoms with Crippen LogP contribution in [0.2, 0.25) is 0 Å². The number of benzene rings is 1. The van der Waals surface area contributed by atoms with E-state index in [0.717, 1.165) is 0 Å². The number of thiol groups is 1. The van der Waals surface area contributed by atoms with E-state index in [9.17, 15) is 34.2 Å². The van der Waals surface area contributed by atoms with Gasteiger partial charge in [-0.15, -0.1) is 0 Å². The first-order valence-corrected chi connectivity index (χ1v) is 12.0. The number of carboxylic acid groups (broad SMARTS) is 2. The van der Waals surface area contributed by atoms with Gasteiger partial charge in [0.05, 0.1) is 6.04 Å². The zero-order valence-electron chi connectivity index (χ0n) is 20.1. The van der Waals surface area contributed by atoms with E-state index in [-0.39, 0.29) is 30.3 Å². The number of aromatic hydroxyl groups is 1. The van der Waals surface area contributed by atoms with Crippen molar-refractivity contribution in [2.24, 2.45) is 11.7 Å². The molecule has 12 nitrogen and oxygen atoms in total. The highest BCUT2D eigenvalue weighted by atomic mass is 32.1. The minimum atomic E-state index is -1.34. The van der Waals surface area contributed by atoms with Crippen LogP contribution in [0, 0.1) is 5.92 Å². The molecule has 36 heavy (non-hydrogen) atoms. The maximum absolute atomic E-state index is 12.9. The first-order chi connectivity index (χ1) is 16.9. The number of phenols is 1. The Labute approximate surface area is 214 Å². The van der Waals surface area contributed by atoms with Crippen molar-refractivity contribution in [1.82, 2.24) is 16.0 Å². The molecule has 1 rings (SSSR count). The molecule has 0 aromatic heterocycles. The molecule has 0 aliphatic heterocycles. The van der Waals surface area contributed by atoms with Crippen molar-refractivity contribution in [1.29, 1.82) is 0 Å². The molecule has 5 atom stereocenters. The van der Waals surface area contributed by atoms with Crippen LogP contribution in [-0.2, 0) is 30.4 Å². The molecule has 0 saturated carbocycles. The maximum Gasteiger partial charge on any atom is 0.326 e. The number of nitrogens with two attached hydrogens (primary N) is 1. The van der Waals surface area contributed by atoms with Crippen LogP contribution in [0.4, 0.5) is 0 Å². The number of carbonyl (C=O) groups excluding carboxylic acids is 3. The Morgan fingerprint density at radius 3 is 1.94 bits per heavy atom. The van der Waals surface area contributed by atoms with E-state index < -0.39 is 60.2 Å². The third-order valence-electron chi connectivity index (χ3n) is 5.65. The zero-order chi connectivity index (χ0) is 27.4. The van der Waals surface area contributed by atoms with Gasteiger partial charge in [0.1, 0.15) is 23.9 Å². The molecule has 1 aromatic carbocycles. The minimum absolute atomic E-state index is 0.00200. The first-order valence-electron chi connectivity index (χ1n) is 11.4. The van der Waals surface area contributed by atoms with Gasteiger partial charge >= 0.3 is 11.9 Å². The molecule has 200 valence electrons. The van der Waals surface area contributed by atoms with Gasteiger partial charge < -0.3 is 37.0 Å². The Hall–Kier alpha value is -3.32. The summed E-state index contributed by atoms with van der Waals surface area (Å²) in [7, 11) is 0. The Kier molecular flexibility index (Phi) is 12.7. The van der Waals surface area contributed by atoms with Crippen molar-refractivity contribution >= 4 is 42.3 Å². The predicted octanol–water partition coefficient (Wildman–Crippen LogP) is -0.358. The predicted molar refractivity (Wildman–Crippen MR) is 133 cm³/mol. The number of hydrogen-bond acceptors (Lipinski definition) is 8. The van der Waals surface area contributed by atoms with E-state index >= 15 is 0 Å². The summed E-state index contributed by atoms with van der Waals surface area (Å²) in [5.41, 5.74) is 6.44. The molecule has 0 spiro atoms. The third-order valence-corrected chi connectivity index (χ3v) is 6.01. The van der Waals surface area contributed by atoms with E-state index in [4.69, 9.17) is 10.8 Å². The van der Waals surface area contributed by atoms with Crippen LogP contribution >= 0.6 is 12.6 Å². The lowest BCUT2D eigenvalue weighted by molar-refractivity contribution is -0.142. The highest BCUT2D eigenvalue weighted by Crippen LogP contribution is 2.12. The average Bonchev–Trinajstić information content (AvgIpc) is 2.84. The second-order valence-electron chi connectivity index (χ2n) is 8.42. The normalized spacial score (nSPS) is 15.0. The Morgan fingerprint density at radius 1 is 0.917 bits per heavy atom. The van der Waals surface area contributed by atoms with Crippen LogP contribution in [0.25, 0.3) is 0 Å². The van der Waals surface area contributed by atoms with Crippen LogP contribution in [0.3, 0.4) is 0 Å². The second-order valence-corrected chi connectivity index (χ2v) is 8.78. The molecule has 0 heterocycles. The number of phenolic OH excluding ortho intramolecular Hbond substituents is 1. The summed E-state index contributed by atoms with van der Waals surface area (Å²) >= 11 is 4.06. The van der Waals surface area contributed by atoms with E-state index in [1.165, 1.54) is 24.3 Å². The van der Waals surface area contributed by atoms with E-state index in [1.807, 2.05) is 6.92 Å². The van der Waals surface area contributed by atoms with Crippen LogP contribution in [-0.4, -0.2) is 74.9 Å². The fourth-order valence-electron chi connectivity index (χ4n) is 3.12. The summed E-state index contributed by atoms with van der Waals surface area (Å²) in [5, 5.41) is 35.1. The quantitative estimate of drug-likeness (QED) is 0.140. The van der Waals surface area contributed by atoms with Gasteiger partial charge in [-0.3, -0.25) is 19.2 Å². The molecule has 0 bridgehead atoms. The molecular formula is C23H34N4O8S. The number of amides is 3. The van der Waals surface area contributed by atoms with Crippen molar-refractivity contribution in [3.8, 4) is 5.75 Å². The van der Waals surface area contributed by atoms with Crippen LogP contribution in [0.5, 0.6) is 5.75 Å². The summed E-state index contributed by atoms with van der Waals surface area (Å²) in [4.78, 5) is 60.8. The van der Waals surface area contributed by atoms with Gasteiger partial charge in [-0.1, -0.05) is 32.4 Å². The largest absolute Gasteiger partial charge is 0.508 e. The van der Waals surface area contributed by atoms with Gasteiger partial charge in [0.25, 0.3) is 0 Å². The van der Waals surface area contributed by atoms with Crippen molar-refractivity contribution in [3.63, 3.8) is 0 Å². The lowest BCUT2D eigenvalue weighted by Gasteiger charge is -2.25. The first kappa shape index (κ1) is 30.7. The fraction of sp³-hybridized carbons (Fsp3) is 0.522. The number of rotatable bonds is 15. The van der Waals surface area contributed by atoms with E-state index in [1.54, 1.807) is 6.92 Å². The second kappa shape index (κ2) is 14.9. The monoisotopic (exact) mass is 526 g/mol. The van der Waals surface area contributed by atoms with Crippen LogP contribution < -0.4 is 21.7 Å². The van der Waals surface area contributed by atoms with Gasteiger partial charge in [-0.25, -0.2) is 4.79 Å². The summed E-state index contributed by atoms with van der Waals surface area (Å²) in [6, 6.07) is 0.968. The molecule has 0 saturated heterocycles. The summed E-state index contributed by atoms with van der Waals surface area (Å²) < 4.78 is 0. The Balaban J connectivity index is 2.92. The van der Waals surface area contributed by atoms with Crippen molar-refractivity contribution in [2.75, 3.05) is 5.75 Å². The number of carboxylic acids is 2. The van der Waals surface area contributed by atoms with E-state index in [0.29, 0.717) is 12.0 Å². The topological polar surface area (TPSA) is 208 Å². The summed E-state index contributed by atoms with van der Waals surface area (Å²) in [6.07, 6.45) is -0.154. The van der Waals surface area contributed by atoms with Gasteiger partial charge in [-0.05, 0) is 30.0 Å². The molecule has 8 N–H and O–H groups in total. The Bertz CT molecular complexity index is 927. The fourth-order valence-corrected chi connectivity index (χ4v) is 3.38. The number of hydrogen-bond donors (Lipinski definition) is 8. The van der Waals surface area contributed by atoms with Crippen LogP contribution in [0.15, 0.2) is 24.3 Å². The molecule has 5 unspecified atom stereocenters. The smallest absolute Gasteiger partial charge is 0.326 e. The van der Waals surface area contributed by atoms with Gasteiger partial charge in [0.15, 0.2) is 0 Å². The molecule has 0 radical (unpaired) electrons. The molecular weight excluding hydrogens is 492 g/mol.